The van der Waals surface area contributed by atoms with Gasteiger partial charge in [-0.15, -0.1) is 0 Å². The van der Waals surface area contributed by atoms with Crippen molar-refractivity contribution in [2.75, 3.05) is 5.32 Å². The van der Waals surface area contributed by atoms with E-state index in [-0.39, 0.29) is 18.2 Å². The second kappa shape index (κ2) is 7.89. The van der Waals surface area contributed by atoms with Crippen LogP contribution in [0.25, 0.3) is 11.3 Å². The van der Waals surface area contributed by atoms with E-state index in [2.05, 4.69) is 14.9 Å². The molecule has 6 nitrogen and oxygen atoms in total. The minimum Gasteiger partial charge on any atom is -0.298 e. The van der Waals surface area contributed by atoms with Crippen molar-refractivity contribution in [3.63, 3.8) is 0 Å². The molecule has 1 aliphatic rings. The van der Waals surface area contributed by atoms with Gasteiger partial charge in [-0.25, -0.2) is 14.1 Å². The Labute approximate surface area is 182 Å². The van der Waals surface area contributed by atoms with Crippen LogP contribution < -0.4 is 9.88 Å². The molecule has 0 spiro atoms. The lowest BCUT2D eigenvalue weighted by Crippen LogP contribution is -2.42. The van der Waals surface area contributed by atoms with Crippen LogP contribution in [0.1, 0.15) is 34.5 Å². The predicted molar refractivity (Wildman–Crippen MR) is 114 cm³/mol. The number of benzene rings is 1. The van der Waals surface area contributed by atoms with Crippen molar-refractivity contribution in [3.05, 3.63) is 50.8 Å². The number of aromatic nitrogens is 3. The summed E-state index contributed by atoms with van der Waals surface area (Å²) in [6, 6.07) is 5.56. The van der Waals surface area contributed by atoms with Gasteiger partial charge >= 0.3 is 0 Å². The van der Waals surface area contributed by atoms with Crippen LogP contribution in [-0.4, -0.2) is 21.2 Å². The summed E-state index contributed by atoms with van der Waals surface area (Å²) >= 11 is 13.4. The molecular formula is C20H19Cl2N4O2S+. The lowest BCUT2D eigenvalue weighted by atomic mass is 10.1. The maximum Gasteiger partial charge on any atom is 0.268 e. The van der Waals surface area contributed by atoms with Crippen LogP contribution in [0.3, 0.4) is 0 Å². The molecule has 0 unspecified atom stereocenters. The molecule has 3 heterocycles. The Hall–Kier alpha value is -2.22. The number of rotatable bonds is 5. The second-order valence-corrected chi connectivity index (χ2v) is 8.79. The van der Waals surface area contributed by atoms with Gasteiger partial charge in [0.1, 0.15) is 6.20 Å². The highest BCUT2D eigenvalue weighted by molar-refractivity contribution is 7.17. The van der Waals surface area contributed by atoms with Crippen LogP contribution in [0.2, 0.25) is 10.0 Å². The molecule has 0 aliphatic carbocycles. The molecule has 150 valence electrons. The number of hydrogen-bond donors (Lipinski definition) is 1. The molecule has 1 amide bonds. The third-order valence-corrected chi connectivity index (χ3v) is 6.80. The first-order chi connectivity index (χ1) is 13.8. The minimum atomic E-state index is -0.181. The third-order valence-electron chi connectivity index (χ3n) is 4.89. The molecule has 1 aromatic carbocycles. The summed E-state index contributed by atoms with van der Waals surface area (Å²) < 4.78 is 4.18. The molecule has 2 aromatic heterocycles. The van der Waals surface area contributed by atoms with Gasteiger partial charge in [-0.2, -0.15) is 0 Å². The molecule has 0 radical (unpaired) electrons. The number of thiazole rings is 1. The first-order valence-electron chi connectivity index (χ1n) is 9.19. The van der Waals surface area contributed by atoms with Gasteiger partial charge in [-0.1, -0.05) is 34.5 Å². The van der Waals surface area contributed by atoms with E-state index in [9.17, 15) is 9.59 Å². The highest BCUT2D eigenvalue weighted by Crippen LogP contribution is 2.30. The molecule has 0 fully saturated rings. The van der Waals surface area contributed by atoms with E-state index < -0.39 is 0 Å². The Morgan fingerprint density at radius 1 is 1.31 bits per heavy atom. The summed E-state index contributed by atoms with van der Waals surface area (Å²) in [7, 11) is 0. The SMILES string of the molecule is CC(=O)c1sc(NC(=O)C[n+]2cc(-c3ccc(Cl)c(Cl)c3)n3c2CCC3)nc1C. The summed E-state index contributed by atoms with van der Waals surface area (Å²) in [5.41, 5.74) is 2.60. The van der Waals surface area contributed by atoms with Crippen molar-refractivity contribution < 1.29 is 14.2 Å². The first-order valence-corrected chi connectivity index (χ1v) is 10.8. The monoisotopic (exact) mass is 449 g/mol. The summed E-state index contributed by atoms with van der Waals surface area (Å²) in [6.45, 7) is 4.33. The van der Waals surface area contributed by atoms with Gasteiger partial charge in [0.25, 0.3) is 11.7 Å². The Morgan fingerprint density at radius 3 is 2.79 bits per heavy atom. The zero-order valence-electron chi connectivity index (χ0n) is 16.0. The van der Waals surface area contributed by atoms with Crippen molar-refractivity contribution in [2.24, 2.45) is 0 Å². The van der Waals surface area contributed by atoms with Crippen LogP contribution in [0, 0.1) is 6.92 Å². The molecule has 1 aliphatic heterocycles. The molecule has 0 saturated carbocycles. The number of carbonyl (C=O) groups is 2. The number of Topliss-reactive ketones (excluding diaryl/α,β-unsaturated/α-hetero) is 1. The number of halogens is 2. The number of amides is 1. The molecule has 9 heteroatoms. The highest BCUT2D eigenvalue weighted by Gasteiger charge is 2.30. The molecule has 1 N–H and O–H groups in total. The van der Waals surface area contributed by atoms with Gasteiger partial charge in [0.2, 0.25) is 0 Å². The van der Waals surface area contributed by atoms with Gasteiger partial charge in [-0.3, -0.25) is 14.9 Å². The van der Waals surface area contributed by atoms with Gasteiger partial charge in [-0.05, 0) is 31.5 Å². The van der Waals surface area contributed by atoms with E-state index >= 15 is 0 Å². The summed E-state index contributed by atoms with van der Waals surface area (Å²) in [5.74, 6) is 0.868. The number of aryl methyl sites for hydroxylation is 1. The van der Waals surface area contributed by atoms with Crippen molar-refractivity contribution >= 4 is 51.4 Å². The number of nitrogens with one attached hydrogen (secondary N) is 1. The van der Waals surface area contributed by atoms with Gasteiger partial charge in [0.05, 0.1) is 33.6 Å². The van der Waals surface area contributed by atoms with Crippen LogP contribution in [0.4, 0.5) is 5.13 Å². The lowest BCUT2D eigenvalue weighted by Gasteiger charge is -2.01. The Balaban J connectivity index is 1.58. The molecule has 0 atom stereocenters. The van der Waals surface area contributed by atoms with Crippen molar-refractivity contribution in [3.8, 4) is 11.3 Å². The Morgan fingerprint density at radius 2 is 2.10 bits per heavy atom. The van der Waals surface area contributed by atoms with Gasteiger partial charge in [0, 0.05) is 12.5 Å². The number of imidazole rings is 1. The predicted octanol–water partition coefficient (Wildman–Crippen LogP) is 4.30. The number of ketones is 1. The third kappa shape index (κ3) is 3.95. The van der Waals surface area contributed by atoms with E-state index in [0.29, 0.717) is 25.7 Å². The number of anilines is 1. The largest absolute Gasteiger partial charge is 0.298 e. The van der Waals surface area contributed by atoms with Gasteiger partial charge in [0.15, 0.2) is 23.2 Å². The normalized spacial score (nSPS) is 12.8. The maximum atomic E-state index is 12.6. The highest BCUT2D eigenvalue weighted by atomic mass is 35.5. The standard InChI is InChI=1S/C20H18Cl2N4O2S/c1-11-19(12(2)27)29-20(23-11)24-17(28)10-25-9-16(26-7-3-4-18(25)26)13-5-6-14(21)15(22)8-13/h5-6,8-9H,3-4,7,10H2,1-2H3/p+1. The van der Waals surface area contributed by atoms with E-state index in [1.165, 1.54) is 18.3 Å². The smallest absolute Gasteiger partial charge is 0.268 e. The summed E-state index contributed by atoms with van der Waals surface area (Å²) in [4.78, 5) is 29.1. The zero-order valence-corrected chi connectivity index (χ0v) is 18.3. The van der Waals surface area contributed by atoms with E-state index in [1.54, 1.807) is 13.0 Å². The van der Waals surface area contributed by atoms with E-state index in [0.717, 1.165) is 36.5 Å². The van der Waals surface area contributed by atoms with Gasteiger partial charge < -0.3 is 0 Å². The fraction of sp³-hybridized carbons (Fsp3) is 0.300. The molecule has 0 saturated heterocycles. The molecule has 4 rings (SSSR count). The van der Waals surface area contributed by atoms with Crippen LogP contribution in [-0.2, 0) is 24.3 Å². The van der Waals surface area contributed by atoms with E-state index in [1.807, 2.05) is 22.9 Å². The zero-order chi connectivity index (χ0) is 20.7. The number of hydrogen-bond acceptors (Lipinski definition) is 4. The van der Waals surface area contributed by atoms with Crippen LogP contribution >= 0.6 is 34.5 Å². The average Bonchev–Trinajstić information content (AvgIpc) is 3.34. The van der Waals surface area contributed by atoms with Crippen molar-refractivity contribution in [1.29, 1.82) is 0 Å². The number of carbonyl (C=O) groups excluding carboxylic acids is 2. The average molecular weight is 450 g/mol. The van der Waals surface area contributed by atoms with E-state index in [4.69, 9.17) is 23.2 Å². The topological polar surface area (TPSA) is 67.9 Å². The Kier molecular flexibility index (Phi) is 5.46. The molecular weight excluding hydrogens is 431 g/mol. The van der Waals surface area contributed by atoms with Crippen molar-refractivity contribution in [2.45, 2.75) is 39.8 Å². The summed E-state index contributed by atoms with van der Waals surface area (Å²) in [6.07, 6.45) is 3.90. The minimum absolute atomic E-state index is 0.0496. The number of nitrogens with zero attached hydrogens (tertiary/aromatic N) is 3. The van der Waals surface area contributed by atoms with Crippen LogP contribution in [0.5, 0.6) is 0 Å². The molecule has 0 bridgehead atoms. The quantitative estimate of drug-likeness (QED) is 0.466. The Bertz CT molecular complexity index is 1140. The molecule has 29 heavy (non-hydrogen) atoms. The summed E-state index contributed by atoms with van der Waals surface area (Å²) in [5, 5.41) is 4.27. The first kappa shape index (κ1) is 20.1. The lowest BCUT2D eigenvalue weighted by molar-refractivity contribution is -0.690. The maximum absolute atomic E-state index is 12.6. The fourth-order valence-corrected chi connectivity index (χ4v) is 4.80. The van der Waals surface area contributed by atoms with Crippen molar-refractivity contribution in [1.82, 2.24) is 9.55 Å². The molecule has 3 aromatic rings. The second-order valence-electron chi connectivity index (χ2n) is 6.98. The van der Waals surface area contributed by atoms with Crippen LogP contribution in [0.15, 0.2) is 24.4 Å². The number of fused-ring (bicyclic) bond motifs is 1. The fourth-order valence-electron chi connectivity index (χ4n) is 3.62.